The molecule has 0 spiro atoms. The number of aromatic nitrogens is 2. The molecule has 6 nitrogen and oxygen atoms in total. The largest absolute Gasteiger partial charge is 0.383 e. The Balaban J connectivity index is 1.81. The summed E-state index contributed by atoms with van der Waals surface area (Å²) in [5.41, 5.74) is 3.38. The molecule has 0 aliphatic heterocycles. The van der Waals surface area contributed by atoms with E-state index in [1.54, 1.807) is 23.8 Å². The number of methoxy groups -OCH3 is 1. The normalized spacial score (nSPS) is 11.0. The first-order valence-corrected chi connectivity index (χ1v) is 9.96. The van der Waals surface area contributed by atoms with E-state index in [9.17, 15) is 9.59 Å². The molecule has 146 valence electrons. The average Bonchev–Trinajstić information content (AvgIpc) is 2.69. The Morgan fingerprint density at radius 1 is 1.21 bits per heavy atom. The number of hydrogen-bond donors (Lipinski definition) is 1. The molecule has 0 unspecified atom stereocenters. The Morgan fingerprint density at radius 2 is 2.00 bits per heavy atom. The molecule has 1 aromatic heterocycles. The van der Waals surface area contributed by atoms with Gasteiger partial charge in [0.2, 0.25) is 5.91 Å². The summed E-state index contributed by atoms with van der Waals surface area (Å²) < 4.78 is 6.69. The summed E-state index contributed by atoms with van der Waals surface area (Å²) in [6, 6.07) is 13.2. The highest BCUT2D eigenvalue weighted by Crippen LogP contribution is 2.20. The van der Waals surface area contributed by atoms with Crippen molar-refractivity contribution in [2.45, 2.75) is 25.5 Å². The number of benzene rings is 2. The highest BCUT2D eigenvalue weighted by Gasteiger charge is 2.13. The minimum absolute atomic E-state index is 0.125. The van der Waals surface area contributed by atoms with Crippen LogP contribution in [-0.4, -0.2) is 34.9 Å². The lowest BCUT2D eigenvalue weighted by atomic mass is 10.1. The summed E-state index contributed by atoms with van der Waals surface area (Å²) in [6.07, 6.45) is 0. The first kappa shape index (κ1) is 20.1. The van der Waals surface area contributed by atoms with E-state index in [0.717, 1.165) is 16.8 Å². The van der Waals surface area contributed by atoms with Gasteiger partial charge in [0, 0.05) is 12.8 Å². The van der Waals surface area contributed by atoms with Gasteiger partial charge < -0.3 is 10.1 Å². The van der Waals surface area contributed by atoms with Crippen molar-refractivity contribution in [3.63, 3.8) is 0 Å². The molecule has 3 rings (SSSR count). The van der Waals surface area contributed by atoms with Crippen molar-refractivity contribution in [1.29, 1.82) is 0 Å². The van der Waals surface area contributed by atoms with Gasteiger partial charge in [0.05, 0.1) is 29.8 Å². The first-order valence-electron chi connectivity index (χ1n) is 8.98. The fraction of sp³-hybridized carbons (Fsp3) is 0.286. The van der Waals surface area contributed by atoms with Crippen LogP contribution in [0.1, 0.15) is 11.1 Å². The zero-order chi connectivity index (χ0) is 20.1. The minimum atomic E-state index is -0.139. The summed E-state index contributed by atoms with van der Waals surface area (Å²) in [7, 11) is 1.59. The van der Waals surface area contributed by atoms with Gasteiger partial charge >= 0.3 is 0 Å². The first-order chi connectivity index (χ1) is 13.5. The zero-order valence-electron chi connectivity index (χ0n) is 16.2. The predicted octanol–water partition coefficient (Wildman–Crippen LogP) is 3.39. The fourth-order valence-corrected chi connectivity index (χ4v) is 3.65. The lowest BCUT2D eigenvalue weighted by molar-refractivity contribution is -0.113. The maximum Gasteiger partial charge on any atom is 0.262 e. The van der Waals surface area contributed by atoms with Crippen LogP contribution in [0.3, 0.4) is 0 Å². The summed E-state index contributed by atoms with van der Waals surface area (Å²) in [4.78, 5) is 29.9. The second kappa shape index (κ2) is 9.03. The Bertz CT molecular complexity index is 1060. The van der Waals surface area contributed by atoms with E-state index in [1.807, 2.05) is 44.2 Å². The summed E-state index contributed by atoms with van der Waals surface area (Å²) in [5.74, 6) is 0.0184. The molecule has 0 atom stereocenters. The zero-order valence-corrected chi connectivity index (χ0v) is 17.0. The molecule has 0 radical (unpaired) electrons. The van der Waals surface area contributed by atoms with Crippen molar-refractivity contribution < 1.29 is 9.53 Å². The monoisotopic (exact) mass is 397 g/mol. The number of ether oxygens (including phenoxy) is 1. The Labute approximate surface area is 167 Å². The van der Waals surface area contributed by atoms with Crippen LogP contribution < -0.4 is 10.9 Å². The molecule has 7 heteroatoms. The summed E-state index contributed by atoms with van der Waals surface area (Å²) in [6.45, 7) is 4.71. The molecule has 0 aliphatic rings. The highest BCUT2D eigenvalue weighted by atomic mass is 32.2. The van der Waals surface area contributed by atoms with Crippen LogP contribution in [0.5, 0.6) is 0 Å². The fourth-order valence-electron chi connectivity index (χ4n) is 2.82. The van der Waals surface area contributed by atoms with Crippen molar-refractivity contribution in [1.82, 2.24) is 9.55 Å². The molecule has 0 saturated heterocycles. The van der Waals surface area contributed by atoms with Crippen molar-refractivity contribution in [3.05, 3.63) is 63.9 Å². The van der Waals surface area contributed by atoms with Gasteiger partial charge in [0.15, 0.2) is 5.16 Å². The van der Waals surface area contributed by atoms with Gasteiger partial charge in [-0.2, -0.15) is 0 Å². The highest BCUT2D eigenvalue weighted by molar-refractivity contribution is 7.99. The van der Waals surface area contributed by atoms with Crippen molar-refractivity contribution >= 4 is 34.3 Å². The third-order valence-electron chi connectivity index (χ3n) is 4.35. The molecule has 28 heavy (non-hydrogen) atoms. The molecule has 0 aliphatic carbocycles. The molecule has 0 fully saturated rings. The maximum atomic E-state index is 12.8. The lowest BCUT2D eigenvalue weighted by Crippen LogP contribution is -2.26. The molecule has 0 bridgehead atoms. The van der Waals surface area contributed by atoms with Gasteiger partial charge in [0.25, 0.3) is 5.56 Å². The molecule has 0 saturated carbocycles. The van der Waals surface area contributed by atoms with Crippen LogP contribution in [0.15, 0.2) is 52.4 Å². The number of fused-ring (bicyclic) bond motifs is 1. The number of carbonyl (C=O) groups excluding carboxylic acids is 1. The standard InChI is InChI=1S/C21H23N3O3S/c1-14-8-9-15(2)18(12-14)22-19(25)13-28-21-23-17-7-5-4-6-16(17)20(26)24(21)10-11-27-3/h4-9,12H,10-11,13H2,1-3H3,(H,22,25). The number of para-hydroxylation sites is 1. The van der Waals surface area contributed by atoms with Crippen LogP contribution in [0.25, 0.3) is 10.9 Å². The molecule has 1 heterocycles. The number of thioether (sulfide) groups is 1. The number of nitrogens with one attached hydrogen (secondary N) is 1. The molecular weight excluding hydrogens is 374 g/mol. The molecule has 2 aromatic carbocycles. The van der Waals surface area contributed by atoms with E-state index in [1.165, 1.54) is 11.8 Å². The SMILES string of the molecule is COCCn1c(SCC(=O)Nc2cc(C)ccc2C)nc2ccccc2c1=O. The number of nitrogens with zero attached hydrogens (tertiary/aromatic N) is 2. The number of anilines is 1. The predicted molar refractivity (Wildman–Crippen MR) is 113 cm³/mol. The van der Waals surface area contributed by atoms with Crippen LogP contribution in [-0.2, 0) is 16.1 Å². The second-order valence-electron chi connectivity index (χ2n) is 6.52. The summed E-state index contributed by atoms with van der Waals surface area (Å²) in [5, 5.41) is 4.01. The Hall–Kier alpha value is -2.64. The number of carbonyl (C=O) groups is 1. The van der Waals surface area contributed by atoms with Gasteiger partial charge in [-0.1, -0.05) is 36.0 Å². The van der Waals surface area contributed by atoms with Crippen LogP contribution in [0.2, 0.25) is 0 Å². The van der Waals surface area contributed by atoms with Gasteiger partial charge in [-0.3, -0.25) is 14.2 Å². The number of amides is 1. The Kier molecular flexibility index (Phi) is 6.49. The van der Waals surface area contributed by atoms with E-state index in [0.29, 0.717) is 29.2 Å². The van der Waals surface area contributed by atoms with Gasteiger partial charge in [0.1, 0.15) is 0 Å². The minimum Gasteiger partial charge on any atom is -0.383 e. The van der Waals surface area contributed by atoms with E-state index in [2.05, 4.69) is 10.3 Å². The van der Waals surface area contributed by atoms with E-state index >= 15 is 0 Å². The van der Waals surface area contributed by atoms with Crippen molar-refractivity contribution in [3.8, 4) is 0 Å². The topological polar surface area (TPSA) is 73.2 Å². The van der Waals surface area contributed by atoms with Crippen LogP contribution in [0.4, 0.5) is 5.69 Å². The van der Waals surface area contributed by atoms with Crippen molar-refractivity contribution in [2.75, 3.05) is 24.8 Å². The Morgan fingerprint density at radius 3 is 2.79 bits per heavy atom. The quantitative estimate of drug-likeness (QED) is 0.489. The molecule has 1 N–H and O–H groups in total. The van der Waals surface area contributed by atoms with Gasteiger partial charge in [-0.15, -0.1) is 0 Å². The van der Waals surface area contributed by atoms with E-state index in [-0.39, 0.29) is 17.2 Å². The van der Waals surface area contributed by atoms with Crippen molar-refractivity contribution in [2.24, 2.45) is 0 Å². The maximum absolute atomic E-state index is 12.8. The van der Waals surface area contributed by atoms with Crippen LogP contribution >= 0.6 is 11.8 Å². The van der Waals surface area contributed by atoms with E-state index < -0.39 is 0 Å². The molecule has 3 aromatic rings. The number of hydrogen-bond acceptors (Lipinski definition) is 5. The molecule has 1 amide bonds. The van der Waals surface area contributed by atoms with Crippen LogP contribution in [0, 0.1) is 13.8 Å². The lowest BCUT2D eigenvalue weighted by Gasteiger charge is -2.13. The van der Waals surface area contributed by atoms with Gasteiger partial charge in [-0.25, -0.2) is 4.98 Å². The smallest absolute Gasteiger partial charge is 0.262 e. The van der Waals surface area contributed by atoms with E-state index in [4.69, 9.17) is 4.74 Å². The van der Waals surface area contributed by atoms with Gasteiger partial charge in [-0.05, 0) is 43.2 Å². The third-order valence-corrected chi connectivity index (χ3v) is 5.32. The number of aryl methyl sites for hydroxylation is 2. The number of rotatable bonds is 7. The average molecular weight is 398 g/mol. The second-order valence-corrected chi connectivity index (χ2v) is 7.46. The molecular formula is C21H23N3O3S. The summed E-state index contributed by atoms with van der Waals surface area (Å²) >= 11 is 1.25. The third kappa shape index (κ3) is 4.61.